The molecule has 1 aromatic carbocycles. The molecule has 0 heterocycles. The third-order valence-corrected chi connectivity index (χ3v) is 5.32. The van der Waals surface area contributed by atoms with E-state index in [4.69, 9.17) is 9.47 Å². The first-order valence-corrected chi connectivity index (χ1v) is 9.49. The van der Waals surface area contributed by atoms with Gasteiger partial charge in [0.25, 0.3) is 0 Å². The van der Waals surface area contributed by atoms with Crippen molar-refractivity contribution in [1.29, 1.82) is 0 Å². The van der Waals surface area contributed by atoms with E-state index in [1.807, 2.05) is 24.3 Å². The summed E-state index contributed by atoms with van der Waals surface area (Å²) in [4.78, 5) is 12.4. The summed E-state index contributed by atoms with van der Waals surface area (Å²) in [5, 5.41) is 3.01. The topological polar surface area (TPSA) is 47.6 Å². The van der Waals surface area contributed by atoms with Crippen molar-refractivity contribution in [3.63, 3.8) is 0 Å². The molecule has 1 aromatic rings. The molecule has 1 aliphatic rings. The Morgan fingerprint density at radius 3 is 2.61 bits per heavy atom. The number of carbonyl (C=O) groups excluding carboxylic acids is 1. The molecule has 0 spiro atoms. The average Bonchev–Trinajstić information content (AvgIpc) is 2.55. The fourth-order valence-electron chi connectivity index (χ4n) is 3.19. The Hall–Kier alpha value is -0.820. The van der Waals surface area contributed by atoms with Crippen LogP contribution in [0.3, 0.4) is 0 Å². The van der Waals surface area contributed by atoms with Crippen molar-refractivity contribution in [2.45, 2.75) is 63.7 Å². The quantitative estimate of drug-likeness (QED) is 0.512. The summed E-state index contributed by atoms with van der Waals surface area (Å²) in [5.74, 6) is -1.02. The van der Waals surface area contributed by atoms with Gasteiger partial charge in [0.2, 0.25) is 5.79 Å². The maximum absolute atomic E-state index is 12.4. The van der Waals surface area contributed by atoms with Gasteiger partial charge in [0.15, 0.2) is 0 Å². The number of alkyl carbamates (subject to hydrolysis) is 1. The highest BCUT2D eigenvalue weighted by Crippen LogP contribution is 2.35. The van der Waals surface area contributed by atoms with Crippen molar-refractivity contribution in [1.82, 2.24) is 5.32 Å². The molecule has 0 aliphatic heterocycles. The Bertz CT molecular complexity index is 517. The molecule has 5 heteroatoms. The largest absolute Gasteiger partial charge is 0.412 e. The summed E-state index contributed by atoms with van der Waals surface area (Å²) in [5.41, 5.74) is 0.906. The molecule has 0 saturated heterocycles. The van der Waals surface area contributed by atoms with E-state index in [1.165, 1.54) is 19.3 Å². The molecular weight excluding hydrogens is 405 g/mol. The normalized spacial score (nSPS) is 18.2. The van der Waals surface area contributed by atoms with Gasteiger partial charge in [-0.2, -0.15) is 0 Å². The minimum absolute atomic E-state index is 0.224. The highest BCUT2D eigenvalue weighted by molar-refractivity contribution is 14.1. The van der Waals surface area contributed by atoms with Gasteiger partial charge in [0, 0.05) is 28.7 Å². The van der Waals surface area contributed by atoms with Crippen molar-refractivity contribution in [3.8, 4) is 0 Å². The number of carbonyl (C=O) groups is 1. The third-order valence-electron chi connectivity index (χ3n) is 4.38. The van der Waals surface area contributed by atoms with Gasteiger partial charge in [-0.3, -0.25) is 0 Å². The van der Waals surface area contributed by atoms with Crippen molar-refractivity contribution in [2.75, 3.05) is 7.11 Å². The smallest absolute Gasteiger partial charge is 0.410 e. The number of nitrogens with one attached hydrogen (secondary N) is 1. The number of rotatable bonds is 6. The van der Waals surface area contributed by atoms with E-state index in [9.17, 15) is 4.79 Å². The van der Waals surface area contributed by atoms with Crippen molar-refractivity contribution in [2.24, 2.45) is 0 Å². The molecule has 23 heavy (non-hydrogen) atoms. The van der Waals surface area contributed by atoms with Crippen LogP contribution in [0.1, 0.15) is 57.4 Å². The summed E-state index contributed by atoms with van der Waals surface area (Å²) in [7, 11) is 1.60. The van der Waals surface area contributed by atoms with Crippen LogP contribution in [0.15, 0.2) is 24.3 Å². The van der Waals surface area contributed by atoms with E-state index in [2.05, 4.69) is 34.8 Å². The van der Waals surface area contributed by atoms with Crippen LogP contribution < -0.4 is 5.32 Å². The zero-order chi connectivity index (χ0) is 16.7. The van der Waals surface area contributed by atoms with Gasteiger partial charge in [0.05, 0.1) is 0 Å². The lowest BCUT2D eigenvalue weighted by Gasteiger charge is -2.34. The first kappa shape index (κ1) is 18.5. The number of methoxy groups -OCH3 is 1. The Balaban J connectivity index is 2.14. The van der Waals surface area contributed by atoms with Crippen molar-refractivity contribution in [3.05, 3.63) is 33.4 Å². The summed E-state index contributed by atoms with van der Waals surface area (Å²) >= 11 is 2.26. The summed E-state index contributed by atoms with van der Waals surface area (Å²) < 4.78 is 12.6. The fourth-order valence-corrected chi connectivity index (χ4v) is 3.98. The van der Waals surface area contributed by atoms with Crippen molar-refractivity contribution < 1.29 is 14.3 Å². The van der Waals surface area contributed by atoms with Crippen molar-refractivity contribution >= 4 is 28.7 Å². The third kappa shape index (κ3) is 4.83. The van der Waals surface area contributed by atoms with Gasteiger partial charge < -0.3 is 14.8 Å². The van der Waals surface area contributed by atoms with Crippen LogP contribution in [0, 0.1) is 3.57 Å². The lowest BCUT2D eigenvalue weighted by Crippen LogP contribution is -2.43. The van der Waals surface area contributed by atoms with Crippen LogP contribution in [-0.4, -0.2) is 19.2 Å². The Labute approximate surface area is 152 Å². The molecule has 2 rings (SSSR count). The molecule has 1 fully saturated rings. The first-order chi connectivity index (χ1) is 11.1. The lowest BCUT2D eigenvalue weighted by molar-refractivity contribution is -0.199. The number of hydrogen-bond acceptors (Lipinski definition) is 3. The maximum atomic E-state index is 12.4. The van der Waals surface area contributed by atoms with E-state index < -0.39 is 5.79 Å². The lowest BCUT2D eigenvalue weighted by atomic mass is 9.96. The molecule has 1 amide bonds. The van der Waals surface area contributed by atoms with Crippen LogP contribution >= 0.6 is 22.6 Å². The van der Waals surface area contributed by atoms with E-state index in [1.54, 1.807) is 7.11 Å². The number of benzene rings is 1. The molecular formula is C18H26INO3. The zero-order valence-corrected chi connectivity index (χ0v) is 16.1. The van der Waals surface area contributed by atoms with Crippen LogP contribution in [0.25, 0.3) is 0 Å². The average molecular weight is 431 g/mol. The molecule has 1 atom stereocenters. The van der Waals surface area contributed by atoms with Gasteiger partial charge >= 0.3 is 6.09 Å². The van der Waals surface area contributed by atoms with Gasteiger partial charge in [-0.1, -0.05) is 44.4 Å². The monoisotopic (exact) mass is 431 g/mol. The molecule has 0 radical (unpaired) electrons. The second-order valence-corrected chi connectivity index (χ2v) is 7.22. The molecule has 0 unspecified atom stereocenters. The predicted octanol–water partition coefficient (Wildman–Crippen LogP) is 4.95. The molecule has 128 valence electrons. The van der Waals surface area contributed by atoms with Gasteiger partial charge in [-0.25, -0.2) is 4.79 Å². The summed E-state index contributed by atoms with van der Waals surface area (Å²) in [6.07, 6.45) is 6.77. The van der Waals surface area contributed by atoms with Crippen LogP contribution in [0.5, 0.6) is 0 Å². The predicted molar refractivity (Wildman–Crippen MR) is 99.2 cm³/mol. The summed E-state index contributed by atoms with van der Waals surface area (Å²) in [6.45, 7) is 2.06. The number of halogens is 1. The van der Waals surface area contributed by atoms with Crippen LogP contribution in [-0.2, 0) is 15.3 Å². The van der Waals surface area contributed by atoms with E-state index in [-0.39, 0.29) is 12.1 Å². The number of ether oxygens (including phenoxy) is 2. The molecule has 1 aliphatic carbocycles. The second kappa shape index (κ2) is 8.87. The number of amides is 1. The van der Waals surface area contributed by atoms with Gasteiger partial charge in [-0.15, -0.1) is 0 Å². The summed E-state index contributed by atoms with van der Waals surface area (Å²) in [6, 6.07) is 8.11. The van der Waals surface area contributed by atoms with Gasteiger partial charge in [-0.05, 0) is 47.9 Å². The first-order valence-electron chi connectivity index (χ1n) is 8.41. The van der Waals surface area contributed by atoms with E-state index in [0.717, 1.165) is 28.4 Å². The number of hydrogen-bond donors (Lipinski definition) is 1. The second-order valence-electron chi connectivity index (χ2n) is 6.06. The minimum atomic E-state index is -1.02. The van der Waals surface area contributed by atoms with Crippen LogP contribution in [0.4, 0.5) is 4.79 Å². The maximum Gasteiger partial charge on any atom is 0.410 e. The molecule has 1 saturated carbocycles. The standard InChI is InChI=1S/C18H26INO3/c1-3-13-18(22-2,15-11-7-8-12-16(15)19)23-17(21)20-14-9-5-4-6-10-14/h7-8,11-12,14H,3-6,9-10,13H2,1-2H3,(H,20,21)/t18-/m0/s1. The highest BCUT2D eigenvalue weighted by atomic mass is 127. The van der Waals surface area contributed by atoms with Gasteiger partial charge in [0.1, 0.15) is 0 Å². The van der Waals surface area contributed by atoms with E-state index in [0.29, 0.717) is 6.42 Å². The Kier molecular flexibility index (Phi) is 7.14. The Morgan fingerprint density at radius 2 is 2.00 bits per heavy atom. The Morgan fingerprint density at radius 1 is 1.30 bits per heavy atom. The molecule has 0 aromatic heterocycles. The van der Waals surface area contributed by atoms with E-state index >= 15 is 0 Å². The fraction of sp³-hybridized carbons (Fsp3) is 0.611. The zero-order valence-electron chi connectivity index (χ0n) is 13.9. The SMILES string of the molecule is CCC[C@](OC)(OC(=O)NC1CCCCC1)c1ccccc1I. The molecule has 1 N–H and O–H groups in total. The highest BCUT2D eigenvalue weighted by Gasteiger charge is 2.38. The molecule has 0 bridgehead atoms. The molecule has 4 nitrogen and oxygen atoms in total. The van der Waals surface area contributed by atoms with Crippen LogP contribution in [0.2, 0.25) is 0 Å². The minimum Gasteiger partial charge on any atom is -0.412 e.